The molecule has 0 spiro atoms. The smallest absolute Gasteiger partial charge is 0.107 e. The summed E-state index contributed by atoms with van der Waals surface area (Å²) in [5, 5.41) is 0. The van der Waals surface area contributed by atoms with Crippen molar-refractivity contribution >= 4 is 22.9 Å². The van der Waals surface area contributed by atoms with Gasteiger partial charge >= 0.3 is 0 Å². The molecule has 0 aliphatic carbocycles. The van der Waals surface area contributed by atoms with Gasteiger partial charge in [0, 0.05) is 24.5 Å². The summed E-state index contributed by atoms with van der Waals surface area (Å²) in [6.45, 7) is 10.8. The number of anilines is 1. The maximum absolute atomic E-state index is 5.91. The third kappa shape index (κ3) is 3.06. The van der Waals surface area contributed by atoms with Crippen molar-refractivity contribution in [1.82, 2.24) is 4.98 Å². The molecule has 2 unspecified atom stereocenters. The van der Waals surface area contributed by atoms with E-state index in [1.165, 1.54) is 6.42 Å². The van der Waals surface area contributed by atoms with Crippen molar-refractivity contribution in [1.29, 1.82) is 0 Å². The van der Waals surface area contributed by atoms with Crippen LogP contribution in [0.25, 0.3) is 0 Å². The second kappa shape index (κ2) is 5.45. The van der Waals surface area contributed by atoms with E-state index in [2.05, 4.69) is 29.8 Å². The lowest BCUT2D eigenvalue weighted by Gasteiger charge is -2.37. The van der Waals surface area contributed by atoms with Crippen LogP contribution < -0.4 is 10.6 Å². The van der Waals surface area contributed by atoms with Crippen molar-refractivity contribution in [3.63, 3.8) is 0 Å². The molecule has 19 heavy (non-hydrogen) atoms. The molecule has 0 saturated carbocycles. The van der Waals surface area contributed by atoms with Gasteiger partial charge < -0.3 is 10.6 Å². The average Bonchev–Trinajstić information content (AvgIpc) is 2.25. The van der Waals surface area contributed by atoms with Crippen LogP contribution in [-0.2, 0) is 0 Å². The first-order valence-electron chi connectivity index (χ1n) is 6.91. The minimum atomic E-state index is 0.450. The van der Waals surface area contributed by atoms with Crippen LogP contribution in [0.3, 0.4) is 0 Å². The molecule has 1 aliphatic heterocycles. The highest BCUT2D eigenvalue weighted by Crippen LogP contribution is 2.30. The van der Waals surface area contributed by atoms with Crippen LogP contribution in [-0.4, -0.2) is 23.1 Å². The minimum absolute atomic E-state index is 0.450. The lowest BCUT2D eigenvalue weighted by molar-refractivity contribution is 0.356. The number of rotatable bonds is 2. The molecule has 1 aliphatic rings. The summed E-state index contributed by atoms with van der Waals surface area (Å²) in [5.74, 6) is 1.41. The molecule has 1 aromatic heterocycles. The number of nitrogens with zero attached hydrogens (tertiary/aromatic N) is 2. The molecule has 1 saturated heterocycles. The summed E-state index contributed by atoms with van der Waals surface area (Å²) in [4.78, 5) is 7.37. The standard InChI is InChI=1S/C15H23N3S/c1-9-5-10(2)8-18(7-9)13-6-11(3)17-12(4)14(13)15(16)19/h6,9-10H,5,7-8H2,1-4H3,(H2,16,19). The van der Waals surface area contributed by atoms with Crippen LogP contribution in [0.5, 0.6) is 0 Å². The molecular formula is C15H23N3S. The highest BCUT2D eigenvalue weighted by atomic mass is 32.1. The lowest BCUT2D eigenvalue weighted by atomic mass is 9.91. The van der Waals surface area contributed by atoms with Gasteiger partial charge in [-0.05, 0) is 38.2 Å². The number of aromatic nitrogens is 1. The van der Waals surface area contributed by atoms with E-state index < -0.39 is 0 Å². The highest BCUT2D eigenvalue weighted by molar-refractivity contribution is 7.80. The number of thiocarbonyl (C=S) groups is 1. The molecule has 0 aromatic carbocycles. The first-order valence-corrected chi connectivity index (χ1v) is 7.32. The maximum Gasteiger partial charge on any atom is 0.107 e. The zero-order valence-corrected chi connectivity index (χ0v) is 13.0. The summed E-state index contributed by atoms with van der Waals surface area (Å²) in [6, 6.07) is 2.12. The first kappa shape index (κ1) is 14.3. The van der Waals surface area contributed by atoms with Crippen molar-refractivity contribution < 1.29 is 0 Å². The normalized spacial score (nSPS) is 23.5. The molecule has 2 N–H and O–H groups in total. The van der Waals surface area contributed by atoms with Gasteiger partial charge in [-0.15, -0.1) is 0 Å². The summed E-state index contributed by atoms with van der Waals surface area (Å²) >= 11 is 5.22. The Morgan fingerprint density at radius 1 is 1.32 bits per heavy atom. The Kier molecular flexibility index (Phi) is 4.09. The first-order chi connectivity index (χ1) is 8.88. The third-order valence-corrected chi connectivity index (χ3v) is 3.97. The minimum Gasteiger partial charge on any atom is -0.389 e. The number of piperidine rings is 1. The van der Waals surface area contributed by atoms with Gasteiger partial charge in [-0.25, -0.2) is 0 Å². The second-order valence-corrected chi connectivity index (χ2v) is 6.40. The number of hydrogen-bond acceptors (Lipinski definition) is 3. The molecule has 104 valence electrons. The molecule has 2 atom stereocenters. The van der Waals surface area contributed by atoms with E-state index in [1.54, 1.807) is 0 Å². The Bertz CT molecular complexity index is 488. The van der Waals surface area contributed by atoms with E-state index in [0.29, 0.717) is 16.8 Å². The van der Waals surface area contributed by atoms with E-state index in [0.717, 1.165) is 35.7 Å². The van der Waals surface area contributed by atoms with E-state index in [1.807, 2.05) is 13.8 Å². The maximum atomic E-state index is 5.91. The van der Waals surface area contributed by atoms with E-state index >= 15 is 0 Å². The van der Waals surface area contributed by atoms with Gasteiger partial charge in [0.05, 0.1) is 11.3 Å². The van der Waals surface area contributed by atoms with E-state index in [-0.39, 0.29) is 0 Å². The Hall–Kier alpha value is -1.16. The Balaban J connectivity index is 2.45. The molecular weight excluding hydrogens is 254 g/mol. The molecule has 0 radical (unpaired) electrons. The van der Waals surface area contributed by atoms with Crippen LogP contribution in [0, 0.1) is 25.7 Å². The SMILES string of the molecule is Cc1cc(N2CC(C)CC(C)C2)c(C(N)=S)c(C)n1. The molecule has 4 heteroatoms. The molecule has 2 heterocycles. The van der Waals surface area contributed by atoms with Crippen LogP contribution in [0.1, 0.15) is 37.2 Å². The van der Waals surface area contributed by atoms with Gasteiger partial charge in [-0.1, -0.05) is 26.1 Å². The topological polar surface area (TPSA) is 42.1 Å². The molecule has 1 fully saturated rings. The van der Waals surface area contributed by atoms with Crippen molar-refractivity contribution in [3.05, 3.63) is 23.0 Å². The fourth-order valence-electron chi connectivity index (χ4n) is 3.22. The van der Waals surface area contributed by atoms with Crippen LogP contribution in [0.15, 0.2) is 6.07 Å². The fourth-order valence-corrected chi connectivity index (χ4v) is 3.47. The zero-order valence-electron chi connectivity index (χ0n) is 12.2. The summed E-state index contributed by atoms with van der Waals surface area (Å²) < 4.78 is 0. The van der Waals surface area contributed by atoms with Gasteiger partial charge in [-0.3, -0.25) is 4.98 Å². The average molecular weight is 277 g/mol. The van der Waals surface area contributed by atoms with Crippen molar-refractivity contribution in [2.45, 2.75) is 34.1 Å². The van der Waals surface area contributed by atoms with E-state index in [4.69, 9.17) is 18.0 Å². The highest BCUT2D eigenvalue weighted by Gasteiger charge is 2.25. The van der Waals surface area contributed by atoms with Gasteiger partial charge in [0.15, 0.2) is 0 Å². The number of pyridine rings is 1. The summed E-state index contributed by atoms with van der Waals surface area (Å²) in [7, 11) is 0. The van der Waals surface area contributed by atoms with Gasteiger partial charge in [0.25, 0.3) is 0 Å². The van der Waals surface area contributed by atoms with Crippen LogP contribution >= 0.6 is 12.2 Å². The van der Waals surface area contributed by atoms with E-state index in [9.17, 15) is 0 Å². The largest absolute Gasteiger partial charge is 0.389 e. The predicted octanol–water partition coefficient (Wildman–Crippen LogP) is 2.81. The molecule has 0 amide bonds. The van der Waals surface area contributed by atoms with Crippen molar-refractivity contribution in [3.8, 4) is 0 Å². The third-order valence-electron chi connectivity index (χ3n) is 3.76. The second-order valence-electron chi connectivity index (χ2n) is 5.96. The van der Waals surface area contributed by atoms with Crippen LogP contribution in [0.4, 0.5) is 5.69 Å². The Morgan fingerprint density at radius 3 is 2.42 bits per heavy atom. The summed E-state index contributed by atoms with van der Waals surface area (Å²) in [5.41, 5.74) is 9.98. The van der Waals surface area contributed by atoms with Crippen molar-refractivity contribution in [2.75, 3.05) is 18.0 Å². The molecule has 1 aromatic rings. The van der Waals surface area contributed by atoms with Crippen molar-refractivity contribution in [2.24, 2.45) is 17.6 Å². The zero-order chi connectivity index (χ0) is 14.2. The monoisotopic (exact) mass is 277 g/mol. The fraction of sp³-hybridized carbons (Fsp3) is 0.600. The predicted molar refractivity (Wildman–Crippen MR) is 84.8 cm³/mol. The number of nitrogens with two attached hydrogens (primary N) is 1. The Morgan fingerprint density at radius 2 is 1.89 bits per heavy atom. The van der Waals surface area contributed by atoms with Gasteiger partial charge in [0.1, 0.15) is 4.99 Å². The quantitative estimate of drug-likeness (QED) is 0.844. The molecule has 3 nitrogen and oxygen atoms in total. The molecule has 2 rings (SSSR count). The van der Waals surface area contributed by atoms with Gasteiger partial charge in [0.2, 0.25) is 0 Å². The molecule has 0 bridgehead atoms. The van der Waals surface area contributed by atoms with Crippen LogP contribution in [0.2, 0.25) is 0 Å². The van der Waals surface area contributed by atoms with Gasteiger partial charge in [-0.2, -0.15) is 0 Å². The Labute approximate surface area is 121 Å². The lowest BCUT2D eigenvalue weighted by Crippen LogP contribution is -2.40. The number of hydrogen-bond donors (Lipinski definition) is 1. The summed E-state index contributed by atoms with van der Waals surface area (Å²) in [6.07, 6.45) is 1.29. The number of aryl methyl sites for hydroxylation is 2.